The van der Waals surface area contributed by atoms with Crippen molar-refractivity contribution in [3.63, 3.8) is 0 Å². The molecule has 2 heterocycles. The van der Waals surface area contributed by atoms with E-state index in [1.807, 2.05) is 0 Å². The van der Waals surface area contributed by atoms with E-state index in [9.17, 15) is 0 Å². The van der Waals surface area contributed by atoms with Crippen LogP contribution in [0, 0.1) is 0 Å². The Balaban J connectivity index is 1.33. The predicted octanol–water partition coefficient (Wildman–Crippen LogP) is 11.7. The number of thiazole rings is 1. The summed E-state index contributed by atoms with van der Waals surface area (Å²) in [6.07, 6.45) is 0. The normalized spacial score (nSPS) is 13.7. The fourth-order valence-corrected chi connectivity index (χ4v) is 8.79. The fraction of sp³-hybridized carbons (Fsp3) is 0.0714. The average molecular weight is 593 g/mol. The van der Waals surface area contributed by atoms with Gasteiger partial charge in [0.15, 0.2) is 0 Å². The molecule has 0 N–H and O–H groups in total. The second kappa shape index (κ2) is 8.90. The average Bonchev–Trinajstić information content (AvgIpc) is 3.73. The van der Waals surface area contributed by atoms with Crippen LogP contribution in [0.25, 0.3) is 81.0 Å². The summed E-state index contributed by atoms with van der Waals surface area (Å²) in [5, 5.41) is 8.72. The van der Waals surface area contributed by atoms with E-state index >= 15 is 0 Å². The molecule has 2 nitrogen and oxygen atoms in total. The van der Waals surface area contributed by atoms with Crippen molar-refractivity contribution in [3.05, 3.63) is 145 Å². The Morgan fingerprint density at radius 1 is 0.578 bits per heavy atom. The fourth-order valence-electron chi connectivity index (χ4n) is 7.83. The van der Waals surface area contributed by atoms with Gasteiger partial charge in [-0.1, -0.05) is 111 Å². The van der Waals surface area contributed by atoms with Gasteiger partial charge in [0.1, 0.15) is 5.01 Å². The first-order valence-corrected chi connectivity index (χ1v) is 16.4. The summed E-state index contributed by atoms with van der Waals surface area (Å²) >= 11 is 1.76. The maximum atomic E-state index is 5.01. The number of hydrogen-bond acceptors (Lipinski definition) is 2. The van der Waals surface area contributed by atoms with Crippen molar-refractivity contribution < 1.29 is 0 Å². The first-order valence-electron chi connectivity index (χ1n) is 15.6. The van der Waals surface area contributed by atoms with Crippen LogP contribution in [0.15, 0.2) is 133 Å². The highest BCUT2D eigenvalue weighted by Gasteiger charge is 2.36. The molecule has 0 unspecified atom stereocenters. The standard InChI is InChI=1S/C42H28N2S/c1-42(2)35-15-6-5-14-30(35)33-23-34-32-21-20-29-28-13-4-3-10-25(28)18-19-31(29)40(32)44(38(34)24-36(33)42)27-12-9-11-26(22-27)41-43-37-16-7-8-17-39(37)45-41/h3-24H,1-2H3. The lowest BCUT2D eigenvalue weighted by Crippen LogP contribution is -2.14. The number of nitrogens with zero attached hydrogens (tertiary/aromatic N) is 2. The molecule has 0 bridgehead atoms. The van der Waals surface area contributed by atoms with Crippen LogP contribution >= 0.6 is 11.3 Å². The zero-order chi connectivity index (χ0) is 29.9. The molecule has 0 spiro atoms. The van der Waals surface area contributed by atoms with Crippen LogP contribution in [0.3, 0.4) is 0 Å². The summed E-state index contributed by atoms with van der Waals surface area (Å²) in [5.41, 5.74) is 11.3. The monoisotopic (exact) mass is 592 g/mol. The Bertz CT molecular complexity index is 2650. The van der Waals surface area contributed by atoms with Gasteiger partial charge < -0.3 is 4.57 Å². The molecule has 0 amide bonds. The molecule has 45 heavy (non-hydrogen) atoms. The molecule has 2 aromatic heterocycles. The lowest BCUT2D eigenvalue weighted by Gasteiger charge is -2.21. The smallest absolute Gasteiger partial charge is 0.124 e. The highest BCUT2D eigenvalue weighted by molar-refractivity contribution is 7.21. The maximum absolute atomic E-state index is 5.01. The summed E-state index contributed by atoms with van der Waals surface area (Å²) in [4.78, 5) is 5.01. The van der Waals surface area contributed by atoms with Crippen LogP contribution in [0.2, 0.25) is 0 Å². The zero-order valence-corrected chi connectivity index (χ0v) is 25.8. The summed E-state index contributed by atoms with van der Waals surface area (Å²) in [6.45, 7) is 4.73. The second-order valence-electron chi connectivity index (χ2n) is 12.8. The molecule has 1 aliphatic rings. The molecule has 1 aliphatic carbocycles. The van der Waals surface area contributed by atoms with Gasteiger partial charge in [-0.3, -0.25) is 0 Å². The first kappa shape index (κ1) is 25.1. The molecule has 0 aliphatic heterocycles. The van der Waals surface area contributed by atoms with E-state index in [2.05, 4.69) is 152 Å². The van der Waals surface area contributed by atoms with E-state index in [1.165, 1.54) is 70.3 Å². The van der Waals surface area contributed by atoms with Crippen molar-refractivity contribution in [2.75, 3.05) is 0 Å². The molecule has 0 saturated heterocycles. The Morgan fingerprint density at radius 3 is 2.29 bits per heavy atom. The van der Waals surface area contributed by atoms with Gasteiger partial charge in [0, 0.05) is 32.8 Å². The van der Waals surface area contributed by atoms with E-state index in [0.717, 1.165) is 21.8 Å². The van der Waals surface area contributed by atoms with Crippen LogP contribution in [0.4, 0.5) is 0 Å². The quantitative estimate of drug-likeness (QED) is 0.183. The molecular formula is C42H28N2S. The van der Waals surface area contributed by atoms with E-state index < -0.39 is 0 Å². The molecular weight excluding hydrogens is 565 g/mol. The van der Waals surface area contributed by atoms with Crippen LogP contribution in [-0.2, 0) is 5.41 Å². The second-order valence-corrected chi connectivity index (χ2v) is 13.8. The number of rotatable bonds is 2. The third-order valence-corrected chi connectivity index (χ3v) is 11.1. The lowest BCUT2D eigenvalue weighted by atomic mass is 9.82. The molecule has 7 aromatic carbocycles. The number of hydrogen-bond donors (Lipinski definition) is 0. The van der Waals surface area contributed by atoms with Gasteiger partial charge in [0.05, 0.1) is 21.3 Å². The van der Waals surface area contributed by atoms with E-state index in [-0.39, 0.29) is 5.41 Å². The molecule has 0 atom stereocenters. The van der Waals surface area contributed by atoms with Crippen molar-refractivity contribution >= 4 is 64.9 Å². The Kier molecular flexibility index (Phi) is 4.97. The van der Waals surface area contributed by atoms with Gasteiger partial charge in [0.2, 0.25) is 0 Å². The van der Waals surface area contributed by atoms with Crippen molar-refractivity contribution in [1.29, 1.82) is 0 Å². The Morgan fingerprint density at radius 2 is 1.36 bits per heavy atom. The zero-order valence-electron chi connectivity index (χ0n) is 25.0. The molecule has 0 saturated carbocycles. The predicted molar refractivity (Wildman–Crippen MR) is 192 cm³/mol. The van der Waals surface area contributed by atoms with Crippen molar-refractivity contribution in [2.45, 2.75) is 19.3 Å². The SMILES string of the molecule is CC1(C)c2ccccc2-c2cc3c4ccc5c6ccccc6ccc5c4n(-c4cccc(-c5nc6ccccc6s5)c4)c3cc21. The van der Waals surface area contributed by atoms with Crippen molar-refractivity contribution in [1.82, 2.24) is 9.55 Å². The first-order chi connectivity index (χ1) is 22.1. The van der Waals surface area contributed by atoms with Gasteiger partial charge in [-0.05, 0) is 74.8 Å². The number of fused-ring (bicyclic) bond motifs is 11. The summed E-state index contributed by atoms with van der Waals surface area (Å²) in [7, 11) is 0. The van der Waals surface area contributed by atoms with E-state index in [1.54, 1.807) is 11.3 Å². The van der Waals surface area contributed by atoms with Gasteiger partial charge in [0.25, 0.3) is 0 Å². The van der Waals surface area contributed by atoms with Gasteiger partial charge in [-0.25, -0.2) is 4.98 Å². The highest BCUT2D eigenvalue weighted by Crippen LogP contribution is 2.51. The van der Waals surface area contributed by atoms with Gasteiger partial charge in [-0.15, -0.1) is 11.3 Å². The molecule has 212 valence electrons. The molecule has 9 aromatic rings. The van der Waals surface area contributed by atoms with Crippen LogP contribution in [-0.4, -0.2) is 9.55 Å². The Hall–Kier alpha value is -5.25. The summed E-state index contributed by atoms with van der Waals surface area (Å²) in [6, 6.07) is 49.2. The molecule has 3 heteroatoms. The van der Waals surface area contributed by atoms with Crippen molar-refractivity contribution in [3.8, 4) is 27.4 Å². The minimum atomic E-state index is -0.0808. The van der Waals surface area contributed by atoms with Crippen molar-refractivity contribution in [2.24, 2.45) is 0 Å². The molecule has 10 rings (SSSR count). The number of benzene rings is 7. The van der Waals surface area contributed by atoms with Gasteiger partial charge >= 0.3 is 0 Å². The number of para-hydroxylation sites is 1. The van der Waals surface area contributed by atoms with E-state index in [0.29, 0.717) is 0 Å². The summed E-state index contributed by atoms with van der Waals surface area (Å²) in [5.74, 6) is 0. The van der Waals surface area contributed by atoms with Crippen LogP contribution < -0.4 is 0 Å². The lowest BCUT2D eigenvalue weighted by molar-refractivity contribution is 0.661. The van der Waals surface area contributed by atoms with Gasteiger partial charge in [-0.2, -0.15) is 0 Å². The largest absolute Gasteiger partial charge is 0.309 e. The molecule has 0 radical (unpaired) electrons. The Labute approximate surface area is 264 Å². The number of aromatic nitrogens is 2. The van der Waals surface area contributed by atoms with E-state index in [4.69, 9.17) is 4.98 Å². The maximum Gasteiger partial charge on any atom is 0.124 e. The molecule has 0 fully saturated rings. The topological polar surface area (TPSA) is 17.8 Å². The van der Waals surface area contributed by atoms with Crippen LogP contribution in [0.5, 0.6) is 0 Å². The minimum absolute atomic E-state index is 0.0808. The third-order valence-electron chi connectivity index (χ3n) is 10.00. The third kappa shape index (κ3) is 3.42. The summed E-state index contributed by atoms with van der Waals surface area (Å²) < 4.78 is 3.72. The minimum Gasteiger partial charge on any atom is -0.309 e. The highest BCUT2D eigenvalue weighted by atomic mass is 32.1. The van der Waals surface area contributed by atoms with Crippen LogP contribution in [0.1, 0.15) is 25.0 Å².